The third-order valence-corrected chi connectivity index (χ3v) is 2.69. The lowest BCUT2D eigenvalue weighted by Gasteiger charge is -2.11. The van der Waals surface area contributed by atoms with Crippen molar-refractivity contribution in [3.8, 4) is 0 Å². The van der Waals surface area contributed by atoms with Crippen molar-refractivity contribution in [2.45, 2.75) is 12.3 Å². The lowest BCUT2D eigenvalue weighted by atomic mass is 10.2. The van der Waals surface area contributed by atoms with Crippen molar-refractivity contribution in [3.63, 3.8) is 0 Å². The predicted molar refractivity (Wildman–Crippen MR) is 59.1 cm³/mol. The van der Waals surface area contributed by atoms with Gasteiger partial charge in [0.15, 0.2) is 0 Å². The molecule has 1 saturated heterocycles. The number of rotatable bonds is 2. The van der Waals surface area contributed by atoms with Crippen LogP contribution in [0.5, 0.6) is 0 Å². The van der Waals surface area contributed by atoms with Crippen LogP contribution in [-0.4, -0.2) is 25.7 Å². The van der Waals surface area contributed by atoms with E-state index in [0.717, 1.165) is 5.56 Å². The smallest absolute Gasteiger partial charge is 0.325 e. The molecule has 1 fully saturated rings. The van der Waals surface area contributed by atoms with E-state index in [2.05, 4.69) is 10.1 Å². The van der Waals surface area contributed by atoms with Crippen LogP contribution in [0.3, 0.4) is 0 Å². The number of halogens is 1. The molecule has 0 aliphatic carbocycles. The Morgan fingerprint density at radius 2 is 2.19 bits per heavy atom. The lowest BCUT2D eigenvalue weighted by molar-refractivity contribution is -0.142. The molecule has 2 rings (SSSR count). The van der Waals surface area contributed by atoms with Gasteiger partial charge in [-0.3, -0.25) is 10.1 Å². The Morgan fingerprint density at radius 3 is 2.81 bits per heavy atom. The molecule has 0 radical (unpaired) electrons. The molecule has 1 aromatic carbocycles. The number of carbonyl (C=O) groups excluding carboxylic acids is 1. The molecule has 4 nitrogen and oxygen atoms in total. The first-order chi connectivity index (χ1) is 7.70. The summed E-state index contributed by atoms with van der Waals surface area (Å²) < 4.78 is 10.1. The van der Waals surface area contributed by atoms with Crippen LogP contribution >= 0.6 is 11.6 Å². The average molecular weight is 242 g/mol. The SMILES string of the molecule is COC(=O)C1COC(c2ccc(Cl)cc2)N1. The minimum Gasteiger partial charge on any atom is -0.468 e. The summed E-state index contributed by atoms with van der Waals surface area (Å²) >= 11 is 5.78. The van der Waals surface area contributed by atoms with Gasteiger partial charge in [-0.15, -0.1) is 0 Å². The molecule has 0 aromatic heterocycles. The van der Waals surface area contributed by atoms with Crippen molar-refractivity contribution < 1.29 is 14.3 Å². The Bertz CT molecular complexity index is 379. The van der Waals surface area contributed by atoms with Gasteiger partial charge in [0.2, 0.25) is 0 Å². The number of carbonyl (C=O) groups is 1. The largest absolute Gasteiger partial charge is 0.468 e. The van der Waals surface area contributed by atoms with Crippen LogP contribution < -0.4 is 5.32 Å². The Balaban J connectivity index is 2.03. The summed E-state index contributed by atoms with van der Waals surface area (Å²) in [5.41, 5.74) is 0.941. The fourth-order valence-electron chi connectivity index (χ4n) is 1.58. The molecule has 2 atom stereocenters. The minimum atomic E-state index is -0.398. The molecule has 1 aromatic rings. The van der Waals surface area contributed by atoms with Gasteiger partial charge in [-0.1, -0.05) is 23.7 Å². The van der Waals surface area contributed by atoms with Crippen molar-refractivity contribution in [2.24, 2.45) is 0 Å². The summed E-state index contributed by atoms with van der Waals surface area (Å²) in [5.74, 6) is -0.309. The second-order valence-electron chi connectivity index (χ2n) is 3.51. The van der Waals surface area contributed by atoms with Gasteiger partial charge >= 0.3 is 5.97 Å². The molecule has 0 spiro atoms. The van der Waals surface area contributed by atoms with Crippen molar-refractivity contribution in [2.75, 3.05) is 13.7 Å². The van der Waals surface area contributed by atoms with Crippen LogP contribution in [0.1, 0.15) is 11.8 Å². The van der Waals surface area contributed by atoms with Crippen LogP contribution in [0, 0.1) is 0 Å². The van der Waals surface area contributed by atoms with Gasteiger partial charge in [-0.2, -0.15) is 0 Å². The van der Waals surface area contributed by atoms with E-state index in [1.165, 1.54) is 7.11 Å². The molecule has 0 saturated carbocycles. The maximum absolute atomic E-state index is 11.3. The molecule has 0 amide bonds. The molecule has 1 heterocycles. The second-order valence-corrected chi connectivity index (χ2v) is 3.94. The number of esters is 1. The molecule has 16 heavy (non-hydrogen) atoms. The summed E-state index contributed by atoms with van der Waals surface area (Å²) in [6.45, 7) is 0.319. The van der Waals surface area contributed by atoms with Crippen molar-refractivity contribution in [1.82, 2.24) is 5.32 Å². The number of methoxy groups -OCH3 is 1. The molecule has 1 aliphatic rings. The maximum atomic E-state index is 11.3. The van der Waals surface area contributed by atoms with Gasteiger partial charge in [-0.25, -0.2) is 0 Å². The highest BCUT2D eigenvalue weighted by Gasteiger charge is 2.31. The van der Waals surface area contributed by atoms with E-state index in [9.17, 15) is 4.79 Å². The highest BCUT2D eigenvalue weighted by molar-refractivity contribution is 6.30. The van der Waals surface area contributed by atoms with Gasteiger partial charge in [0.05, 0.1) is 13.7 Å². The predicted octanol–water partition coefficient (Wildman–Crippen LogP) is 1.50. The zero-order valence-electron chi connectivity index (χ0n) is 8.77. The van der Waals surface area contributed by atoms with Crippen molar-refractivity contribution in [1.29, 1.82) is 0 Å². The van der Waals surface area contributed by atoms with E-state index in [-0.39, 0.29) is 12.2 Å². The summed E-state index contributed by atoms with van der Waals surface area (Å²) in [5, 5.41) is 3.71. The van der Waals surface area contributed by atoms with Gasteiger partial charge < -0.3 is 9.47 Å². The fraction of sp³-hybridized carbons (Fsp3) is 0.364. The van der Waals surface area contributed by atoms with Gasteiger partial charge in [0.25, 0.3) is 0 Å². The van der Waals surface area contributed by atoms with Crippen molar-refractivity contribution in [3.05, 3.63) is 34.9 Å². The molecule has 2 unspecified atom stereocenters. The molecule has 5 heteroatoms. The normalized spacial score (nSPS) is 24.4. The van der Waals surface area contributed by atoms with E-state index < -0.39 is 6.04 Å². The van der Waals surface area contributed by atoms with Crippen LogP contribution in [0.15, 0.2) is 24.3 Å². The quantitative estimate of drug-likeness (QED) is 0.798. The Kier molecular flexibility index (Phi) is 3.43. The summed E-state index contributed by atoms with van der Waals surface area (Å²) in [6.07, 6.45) is -0.277. The second kappa shape index (κ2) is 4.82. The Labute approximate surface area is 98.5 Å². The van der Waals surface area contributed by atoms with Gasteiger partial charge in [0.1, 0.15) is 12.3 Å². The topological polar surface area (TPSA) is 47.6 Å². The third kappa shape index (κ3) is 2.35. The molecular weight excluding hydrogens is 230 g/mol. The summed E-state index contributed by atoms with van der Waals surface area (Å²) in [7, 11) is 1.36. The molecule has 86 valence electrons. The standard InChI is InChI=1S/C11H12ClNO3/c1-15-11(14)9-6-16-10(13-9)7-2-4-8(12)5-3-7/h2-5,9-10,13H,6H2,1H3. The molecule has 0 bridgehead atoms. The average Bonchev–Trinajstić information content (AvgIpc) is 2.78. The molecule has 1 N–H and O–H groups in total. The number of hydrogen-bond acceptors (Lipinski definition) is 4. The number of hydrogen-bond donors (Lipinski definition) is 1. The van der Waals surface area contributed by atoms with Crippen molar-refractivity contribution >= 4 is 17.6 Å². The van der Waals surface area contributed by atoms with E-state index in [0.29, 0.717) is 11.6 Å². The fourth-order valence-corrected chi connectivity index (χ4v) is 1.71. The number of ether oxygens (including phenoxy) is 2. The Morgan fingerprint density at radius 1 is 1.50 bits per heavy atom. The first-order valence-electron chi connectivity index (χ1n) is 4.91. The van der Waals surface area contributed by atoms with Gasteiger partial charge in [0, 0.05) is 5.02 Å². The zero-order chi connectivity index (χ0) is 11.5. The zero-order valence-corrected chi connectivity index (χ0v) is 9.53. The van der Waals surface area contributed by atoms with E-state index >= 15 is 0 Å². The summed E-state index contributed by atoms with van der Waals surface area (Å²) in [6, 6.07) is 6.89. The highest BCUT2D eigenvalue weighted by atomic mass is 35.5. The monoisotopic (exact) mass is 241 g/mol. The van der Waals surface area contributed by atoms with Crippen LogP contribution in [0.25, 0.3) is 0 Å². The number of nitrogens with one attached hydrogen (secondary N) is 1. The van der Waals surface area contributed by atoms with Crippen LogP contribution in [-0.2, 0) is 14.3 Å². The van der Waals surface area contributed by atoms with Crippen LogP contribution in [0.2, 0.25) is 5.02 Å². The van der Waals surface area contributed by atoms with E-state index in [1.54, 1.807) is 12.1 Å². The van der Waals surface area contributed by atoms with E-state index in [4.69, 9.17) is 16.3 Å². The molecular formula is C11H12ClNO3. The maximum Gasteiger partial charge on any atom is 0.325 e. The van der Waals surface area contributed by atoms with Crippen LogP contribution in [0.4, 0.5) is 0 Å². The summed E-state index contributed by atoms with van der Waals surface area (Å²) in [4.78, 5) is 11.3. The first kappa shape index (κ1) is 11.4. The third-order valence-electron chi connectivity index (χ3n) is 2.44. The minimum absolute atomic E-state index is 0.277. The first-order valence-corrected chi connectivity index (χ1v) is 5.29. The van der Waals surface area contributed by atoms with E-state index in [1.807, 2.05) is 12.1 Å². The molecule has 1 aliphatic heterocycles. The lowest BCUT2D eigenvalue weighted by Crippen LogP contribution is -2.34. The van der Waals surface area contributed by atoms with Gasteiger partial charge in [-0.05, 0) is 17.7 Å². The number of benzene rings is 1. The Hall–Kier alpha value is -1.10. The highest BCUT2D eigenvalue weighted by Crippen LogP contribution is 2.22.